The van der Waals surface area contributed by atoms with Gasteiger partial charge in [0.15, 0.2) is 0 Å². The predicted molar refractivity (Wildman–Crippen MR) is 77.1 cm³/mol. The van der Waals surface area contributed by atoms with Gasteiger partial charge in [-0.2, -0.15) is 0 Å². The van der Waals surface area contributed by atoms with Crippen molar-refractivity contribution in [3.8, 4) is 0 Å². The Bertz CT molecular complexity index is 527. The number of benzene rings is 1. The van der Waals surface area contributed by atoms with Crippen molar-refractivity contribution in [3.05, 3.63) is 38.9 Å². The Kier molecular flexibility index (Phi) is 4.60. The third-order valence-electron chi connectivity index (χ3n) is 3.84. The van der Waals surface area contributed by atoms with E-state index in [1.807, 2.05) is 0 Å². The highest BCUT2D eigenvalue weighted by atomic mass is 35.5. The minimum absolute atomic E-state index is 0.00195. The Morgan fingerprint density at radius 2 is 2.00 bits per heavy atom. The molecule has 0 heterocycles. The van der Waals surface area contributed by atoms with Gasteiger partial charge in [0, 0.05) is 13.1 Å². The minimum atomic E-state index is -0.593. The van der Waals surface area contributed by atoms with E-state index in [1.54, 1.807) is 18.0 Å². The highest BCUT2D eigenvalue weighted by Gasteiger charge is 2.29. The molecule has 1 aliphatic carbocycles. The number of halogens is 1. The number of nitro groups is 1. The molecule has 0 N–H and O–H groups in total. The zero-order valence-electron chi connectivity index (χ0n) is 11.3. The number of carbonyl (C=O) groups excluding carboxylic acids is 1. The Morgan fingerprint density at radius 3 is 2.60 bits per heavy atom. The van der Waals surface area contributed by atoms with Gasteiger partial charge in [-0.1, -0.05) is 36.9 Å². The van der Waals surface area contributed by atoms with E-state index in [-0.39, 0.29) is 28.2 Å². The van der Waals surface area contributed by atoms with Crippen LogP contribution in [-0.2, 0) is 0 Å². The molecule has 1 amide bonds. The van der Waals surface area contributed by atoms with Crippen LogP contribution >= 0.6 is 11.6 Å². The molecule has 6 heteroatoms. The SMILES string of the molecule is CN(C(=O)c1cccc(Cl)c1[N+](=O)[O-])C1CCCCC1. The van der Waals surface area contributed by atoms with Gasteiger partial charge in [-0.25, -0.2) is 0 Å². The fourth-order valence-corrected chi connectivity index (χ4v) is 2.94. The maximum Gasteiger partial charge on any atom is 0.300 e. The second-order valence-corrected chi connectivity index (χ2v) is 5.51. The molecule has 108 valence electrons. The summed E-state index contributed by atoms with van der Waals surface area (Å²) in [4.78, 5) is 24.6. The Labute approximate surface area is 122 Å². The largest absolute Gasteiger partial charge is 0.339 e. The van der Waals surface area contributed by atoms with Crippen molar-refractivity contribution in [3.63, 3.8) is 0 Å². The van der Waals surface area contributed by atoms with Gasteiger partial charge in [-0.15, -0.1) is 0 Å². The molecule has 0 radical (unpaired) electrons. The van der Waals surface area contributed by atoms with Gasteiger partial charge in [-0.05, 0) is 25.0 Å². The molecule has 2 rings (SSSR count). The normalized spacial score (nSPS) is 15.9. The Balaban J connectivity index is 2.28. The maximum atomic E-state index is 12.5. The summed E-state index contributed by atoms with van der Waals surface area (Å²) in [5.41, 5.74) is -0.239. The summed E-state index contributed by atoms with van der Waals surface area (Å²) in [6.07, 6.45) is 5.29. The molecule has 0 aliphatic heterocycles. The average molecular weight is 297 g/mol. The van der Waals surface area contributed by atoms with E-state index in [1.165, 1.54) is 18.6 Å². The van der Waals surface area contributed by atoms with E-state index in [0.717, 1.165) is 25.7 Å². The van der Waals surface area contributed by atoms with Gasteiger partial charge in [0.05, 0.1) is 4.92 Å². The van der Waals surface area contributed by atoms with Crippen molar-refractivity contribution < 1.29 is 9.72 Å². The van der Waals surface area contributed by atoms with Crippen LogP contribution in [0.15, 0.2) is 18.2 Å². The molecular weight excluding hydrogens is 280 g/mol. The van der Waals surface area contributed by atoms with Crippen LogP contribution in [0.2, 0.25) is 5.02 Å². The first kappa shape index (κ1) is 14.8. The van der Waals surface area contributed by atoms with Crippen molar-refractivity contribution in [1.82, 2.24) is 4.90 Å². The molecule has 1 aliphatic rings. The standard InChI is InChI=1S/C14H17ClN2O3/c1-16(10-6-3-2-4-7-10)14(18)11-8-5-9-12(15)13(11)17(19)20/h5,8-10H,2-4,6-7H2,1H3. The second-order valence-electron chi connectivity index (χ2n) is 5.10. The molecule has 1 aromatic carbocycles. The third kappa shape index (κ3) is 2.93. The van der Waals surface area contributed by atoms with Crippen LogP contribution in [0.4, 0.5) is 5.69 Å². The first-order valence-corrected chi connectivity index (χ1v) is 7.10. The van der Waals surface area contributed by atoms with E-state index in [0.29, 0.717) is 0 Å². The fourth-order valence-electron chi connectivity index (χ4n) is 2.70. The summed E-state index contributed by atoms with van der Waals surface area (Å²) in [5.74, 6) is -0.328. The fraction of sp³-hybridized carbons (Fsp3) is 0.500. The van der Waals surface area contributed by atoms with Crippen LogP contribution in [0, 0.1) is 10.1 Å². The summed E-state index contributed by atoms with van der Waals surface area (Å²) in [7, 11) is 1.71. The van der Waals surface area contributed by atoms with Crippen LogP contribution in [0.5, 0.6) is 0 Å². The van der Waals surface area contributed by atoms with Gasteiger partial charge in [0.25, 0.3) is 5.91 Å². The molecule has 1 aromatic rings. The van der Waals surface area contributed by atoms with Crippen molar-refractivity contribution in [2.24, 2.45) is 0 Å². The average Bonchev–Trinajstić information content (AvgIpc) is 2.46. The van der Waals surface area contributed by atoms with Gasteiger partial charge >= 0.3 is 5.69 Å². The molecule has 5 nitrogen and oxygen atoms in total. The van der Waals surface area contributed by atoms with Crippen LogP contribution in [0.25, 0.3) is 0 Å². The first-order chi connectivity index (χ1) is 9.52. The molecule has 1 fully saturated rings. The van der Waals surface area contributed by atoms with Crippen molar-refractivity contribution >= 4 is 23.2 Å². The maximum absolute atomic E-state index is 12.5. The number of para-hydroxylation sites is 1. The number of nitro benzene ring substituents is 1. The molecule has 0 spiro atoms. The molecule has 0 bridgehead atoms. The second kappa shape index (κ2) is 6.22. The lowest BCUT2D eigenvalue weighted by Gasteiger charge is -2.31. The van der Waals surface area contributed by atoms with Crippen molar-refractivity contribution in [2.75, 3.05) is 7.05 Å². The van der Waals surface area contributed by atoms with Crippen molar-refractivity contribution in [1.29, 1.82) is 0 Å². The molecular formula is C14H17ClN2O3. The summed E-state index contributed by atoms with van der Waals surface area (Å²) in [5, 5.41) is 11.1. The molecule has 0 saturated heterocycles. The zero-order valence-corrected chi connectivity index (χ0v) is 12.1. The summed E-state index contributed by atoms with van der Waals surface area (Å²) >= 11 is 5.85. The Morgan fingerprint density at radius 1 is 1.35 bits per heavy atom. The highest BCUT2D eigenvalue weighted by Crippen LogP contribution is 2.30. The number of carbonyl (C=O) groups is 1. The lowest BCUT2D eigenvalue weighted by molar-refractivity contribution is -0.385. The number of rotatable bonds is 3. The van der Waals surface area contributed by atoms with E-state index in [4.69, 9.17) is 11.6 Å². The monoisotopic (exact) mass is 296 g/mol. The molecule has 0 atom stereocenters. The number of hydrogen-bond donors (Lipinski definition) is 0. The van der Waals surface area contributed by atoms with Crippen LogP contribution in [0.1, 0.15) is 42.5 Å². The van der Waals surface area contributed by atoms with Crippen LogP contribution in [-0.4, -0.2) is 28.8 Å². The quantitative estimate of drug-likeness (QED) is 0.631. The molecule has 0 aromatic heterocycles. The van der Waals surface area contributed by atoms with E-state index in [2.05, 4.69) is 0 Å². The Hall–Kier alpha value is -1.62. The van der Waals surface area contributed by atoms with Gasteiger partial charge in [-0.3, -0.25) is 14.9 Å². The van der Waals surface area contributed by atoms with Gasteiger partial charge in [0.2, 0.25) is 0 Å². The number of hydrogen-bond acceptors (Lipinski definition) is 3. The van der Waals surface area contributed by atoms with E-state index >= 15 is 0 Å². The minimum Gasteiger partial charge on any atom is -0.339 e. The first-order valence-electron chi connectivity index (χ1n) is 6.72. The summed E-state index contributed by atoms with van der Waals surface area (Å²) in [6.45, 7) is 0. The van der Waals surface area contributed by atoms with E-state index in [9.17, 15) is 14.9 Å². The van der Waals surface area contributed by atoms with E-state index < -0.39 is 4.92 Å². The third-order valence-corrected chi connectivity index (χ3v) is 4.15. The number of nitrogens with zero attached hydrogens (tertiary/aromatic N) is 2. The molecule has 1 saturated carbocycles. The smallest absolute Gasteiger partial charge is 0.300 e. The molecule has 20 heavy (non-hydrogen) atoms. The predicted octanol–water partition coefficient (Wildman–Crippen LogP) is 3.65. The van der Waals surface area contributed by atoms with Crippen LogP contribution < -0.4 is 0 Å². The van der Waals surface area contributed by atoms with Crippen molar-refractivity contribution in [2.45, 2.75) is 38.1 Å². The summed E-state index contributed by atoms with van der Waals surface area (Å²) < 4.78 is 0. The topological polar surface area (TPSA) is 63.5 Å². The molecule has 0 unspecified atom stereocenters. The lowest BCUT2D eigenvalue weighted by Crippen LogP contribution is -2.38. The summed E-state index contributed by atoms with van der Waals surface area (Å²) in [6, 6.07) is 4.62. The highest BCUT2D eigenvalue weighted by molar-refractivity contribution is 6.33. The number of amides is 1. The van der Waals surface area contributed by atoms with Gasteiger partial charge < -0.3 is 4.90 Å². The van der Waals surface area contributed by atoms with Crippen LogP contribution in [0.3, 0.4) is 0 Å². The lowest BCUT2D eigenvalue weighted by atomic mass is 9.94. The zero-order chi connectivity index (χ0) is 14.7. The van der Waals surface area contributed by atoms with Gasteiger partial charge in [0.1, 0.15) is 10.6 Å².